The van der Waals surface area contributed by atoms with Crippen molar-refractivity contribution in [3.05, 3.63) is 34.9 Å². The minimum absolute atomic E-state index is 0.218. The monoisotopic (exact) mass is 231 g/mol. The number of fused-ring (bicyclic) bond motifs is 1. The Bertz CT molecular complexity index is 561. The molecule has 1 heterocycles. The summed E-state index contributed by atoms with van der Waals surface area (Å²) >= 11 is 0. The van der Waals surface area contributed by atoms with Crippen molar-refractivity contribution in [3.8, 4) is 5.75 Å². The molecule has 0 saturated heterocycles. The summed E-state index contributed by atoms with van der Waals surface area (Å²) in [6, 6.07) is 4.59. The lowest BCUT2D eigenvalue weighted by atomic mass is 10.1. The van der Waals surface area contributed by atoms with Crippen molar-refractivity contribution < 1.29 is 14.4 Å². The van der Waals surface area contributed by atoms with Gasteiger partial charge in [-0.3, -0.25) is 9.59 Å². The van der Waals surface area contributed by atoms with E-state index < -0.39 is 11.8 Å². The van der Waals surface area contributed by atoms with Crippen LogP contribution >= 0.6 is 0 Å². The summed E-state index contributed by atoms with van der Waals surface area (Å²) in [5, 5.41) is 3.57. The van der Waals surface area contributed by atoms with Gasteiger partial charge in [0.25, 0.3) is 0 Å². The molecule has 17 heavy (non-hydrogen) atoms. The van der Waals surface area contributed by atoms with Gasteiger partial charge in [-0.05, 0) is 18.2 Å². The van der Waals surface area contributed by atoms with E-state index in [2.05, 4.69) is 5.16 Å². The van der Waals surface area contributed by atoms with E-state index in [0.717, 1.165) is 0 Å². The zero-order valence-corrected chi connectivity index (χ0v) is 8.71. The van der Waals surface area contributed by atoms with E-state index in [1.165, 1.54) is 24.4 Å². The highest BCUT2D eigenvalue weighted by atomic mass is 16.6. The van der Waals surface area contributed by atoms with Crippen molar-refractivity contribution in [2.75, 3.05) is 0 Å². The van der Waals surface area contributed by atoms with Crippen molar-refractivity contribution in [3.63, 3.8) is 0 Å². The molecule has 0 bridgehead atoms. The van der Waals surface area contributed by atoms with Crippen LogP contribution in [0.1, 0.15) is 15.9 Å². The lowest BCUT2D eigenvalue weighted by molar-refractivity contribution is -0.114. The van der Waals surface area contributed by atoms with Crippen LogP contribution in [0, 0.1) is 0 Å². The van der Waals surface area contributed by atoms with Crippen LogP contribution in [0.2, 0.25) is 0 Å². The van der Waals surface area contributed by atoms with Gasteiger partial charge in [-0.15, -0.1) is 0 Å². The molecule has 1 aromatic rings. The number of hydrogen-bond acceptors (Lipinski definition) is 4. The van der Waals surface area contributed by atoms with Gasteiger partial charge in [0.05, 0.1) is 11.8 Å². The van der Waals surface area contributed by atoms with E-state index in [4.69, 9.17) is 16.3 Å². The van der Waals surface area contributed by atoms with Gasteiger partial charge in [0, 0.05) is 11.1 Å². The van der Waals surface area contributed by atoms with Gasteiger partial charge < -0.3 is 16.3 Å². The maximum atomic E-state index is 11.0. The zero-order chi connectivity index (χ0) is 12.4. The molecule has 0 aromatic heterocycles. The molecule has 6 heteroatoms. The lowest BCUT2D eigenvalue weighted by Gasteiger charge is -2.03. The van der Waals surface area contributed by atoms with Crippen molar-refractivity contribution in [1.82, 2.24) is 0 Å². The summed E-state index contributed by atoms with van der Waals surface area (Å²) in [6.45, 7) is 0. The average molecular weight is 231 g/mol. The summed E-state index contributed by atoms with van der Waals surface area (Å²) in [6.07, 6.45) is 2.74. The van der Waals surface area contributed by atoms with Gasteiger partial charge >= 0.3 is 0 Å². The number of nitrogens with zero attached hydrogens (tertiary/aromatic N) is 1. The topological polar surface area (TPSA) is 108 Å². The number of hydrogen-bond donors (Lipinski definition) is 2. The number of oxime groups is 1. The van der Waals surface area contributed by atoms with E-state index in [1.54, 1.807) is 6.07 Å². The standard InChI is InChI=1S/C11H9N3O3/c12-10(15)7-2-1-6-3-8(11(13)16)5-14-17-9(6)4-7/h1-5H,(H2,12,15)(H2,13,16). The molecular weight excluding hydrogens is 222 g/mol. The van der Waals surface area contributed by atoms with E-state index in [1.807, 2.05) is 0 Å². The van der Waals surface area contributed by atoms with Crippen LogP contribution in [-0.2, 0) is 4.79 Å². The highest BCUT2D eigenvalue weighted by molar-refractivity contribution is 6.15. The molecule has 1 aliphatic rings. The first-order valence-corrected chi connectivity index (χ1v) is 4.73. The predicted molar refractivity (Wildman–Crippen MR) is 61.3 cm³/mol. The fraction of sp³-hybridized carbons (Fsp3) is 0. The quantitative estimate of drug-likeness (QED) is 0.749. The number of nitrogens with two attached hydrogens (primary N) is 2. The second-order valence-electron chi connectivity index (χ2n) is 3.41. The fourth-order valence-corrected chi connectivity index (χ4v) is 1.37. The van der Waals surface area contributed by atoms with Gasteiger partial charge in [-0.2, -0.15) is 0 Å². The van der Waals surface area contributed by atoms with Crippen LogP contribution in [0.5, 0.6) is 5.75 Å². The third-order valence-corrected chi connectivity index (χ3v) is 2.24. The molecule has 0 radical (unpaired) electrons. The third kappa shape index (κ3) is 2.15. The zero-order valence-electron chi connectivity index (χ0n) is 8.71. The Kier molecular flexibility index (Phi) is 2.61. The second-order valence-corrected chi connectivity index (χ2v) is 3.41. The first-order valence-electron chi connectivity index (χ1n) is 4.73. The smallest absolute Gasteiger partial charge is 0.250 e. The maximum Gasteiger partial charge on any atom is 0.250 e. The first kappa shape index (κ1) is 10.9. The maximum absolute atomic E-state index is 11.0. The van der Waals surface area contributed by atoms with Crippen LogP contribution < -0.4 is 16.3 Å². The molecule has 0 saturated carbocycles. The SMILES string of the molecule is NC(=O)C1=Cc2ccc(C(N)=O)cc2ON=C1. The van der Waals surface area contributed by atoms with E-state index in [0.29, 0.717) is 16.9 Å². The van der Waals surface area contributed by atoms with Crippen molar-refractivity contribution >= 4 is 24.1 Å². The normalized spacial score (nSPS) is 13.1. The molecule has 6 nitrogen and oxygen atoms in total. The minimum atomic E-state index is -0.607. The average Bonchev–Trinajstić information content (AvgIpc) is 2.49. The van der Waals surface area contributed by atoms with Crippen LogP contribution in [-0.4, -0.2) is 18.0 Å². The van der Waals surface area contributed by atoms with Crippen LogP contribution in [0.4, 0.5) is 0 Å². The van der Waals surface area contributed by atoms with E-state index in [9.17, 15) is 9.59 Å². The molecule has 0 atom stereocenters. The molecule has 0 unspecified atom stereocenters. The van der Waals surface area contributed by atoms with Crippen molar-refractivity contribution in [2.45, 2.75) is 0 Å². The summed E-state index contributed by atoms with van der Waals surface area (Å²) in [4.78, 5) is 27.0. The third-order valence-electron chi connectivity index (χ3n) is 2.24. The number of primary amides is 2. The van der Waals surface area contributed by atoms with Crippen molar-refractivity contribution in [2.24, 2.45) is 16.6 Å². The Hall–Kier alpha value is -2.63. The second kappa shape index (κ2) is 4.09. The Labute approximate surface area is 96.5 Å². The molecule has 2 amide bonds. The highest BCUT2D eigenvalue weighted by Gasteiger charge is 2.12. The Balaban J connectivity index is 2.50. The first-order chi connectivity index (χ1) is 8.08. The fourth-order valence-electron chi connectivity index (χ4n) is 1.37. The van der Waals surface area contributed by atoms with Crippen molar-refractivity contribution in [1.29, 1.82) is 0 Å². The predicted octanol–water partition coefficient (Wildman–Crippen LogP) is 0.0324. The Morgan fingerprint density at radius 2 is 1.94 bits per heavy atom. The molecule has 2 rings (SSSR count). The van der Waals surface area contributed by atoms with E-state index in [-0.39, 0.29) is 5.57 Å². The molecule has 86 valence electrons. The van der Waals surface area contributed by atoms with Gasteiger partial charge in [-0.25, -0.2) is 0 Å². The number of carbonyl (C=O) groups excluding carboxylic acids is 2. The molecule has 0 fully saturated rings. The van der Waals surface area contributed by atoms with Gasteiger partial charge in [0.15, 0.2) is 5.75 Å². The van der Waals surface area contributed by atoms with E-state index >= 15 is 0 Å². The number of rotatable bonds is 2. The number of carbonyl (C=O) groups is 2. The van der Waals surface area contributed by atoms with Gasteiger partial charge in [0.1, 0.15) is 0 Å². The summed E-state index contributed by atoms with van der Waals surface area (Å²) < 4.78 is 0. The molecule has 1 aromatic carbocycles. The Morgan fingerprint density at radius 3 is 2.59 bits per heavy atom. The van der Waals surface area contributed by atoms with Crippen LogP contribution in [0.15, 0.2) is 28.9 Å². The minimum Gasteiger partial charge on any atom is -0.366 e. The van der Waals surface area contributed by atoms with Crippen LogP contribution in [0.25, 0.3) is 6.08 Å². The molecule has 4 N–H and O–H groups in total. The summed E-state index contributed by atoms with van der Waals surface area (Å²) in [5.74, 6) is -0.832. The van der Waals surface area contributed by atoms with Gasteiger partial charge in [0.2, 0.25) is 11.8 Å². The summed E-state index contributed by atoms with van der Waals surface area (Å²) in [5.41, 5.74) is 11.4. The molecule has 1 aliphatic heterocycles. The largest absolute Gasteiger partial charge is 0.366 e. The number of amides is 2. The number of benzene rings is 1. The summed E-state index contributed by atoms with van der Waals surface area (Å²) in [7, 11) is 0. The highest BCUT2D eigenvalue weighted by Crippen LogP contribution is 2.24. The molecular formula is C11H9N3O3. The lowest BCUT2D eigenvalue weighted by Crippen LogP contribution is -2.14. The Morgan fingerprint density at radius 1 is 1.18 bits per heavy atom. The molecule has 0 spiro atoms. The van der Waals surface area contributed by atoms with Gasteiger partial charge in [-0.1, -0.05) is 11.2 Å². The molecule has 0 aliphatic carbocycles. The van der Waals surface area contributed by atoms with Crippen LogP contribution in [0.3, 0.4) is 0 Å².